The molecule has 4 rings (SSSR count). The molecule has 1 aromatic heterocycles. The van der Waals surface area contributed by atoms with Gasteiger partial charge in [0.15, 0.2) is 0 Å². The molecule has 1 amide bonds. The summed E-state index contributed by atoms with van der Waals surface area (Å²) in [5.41, 5.74) is 0.577. The van der Waals surface area contributed by atoms with E-state index in [1.165, 1.54) is 12.1 Å². The number of ether oxygens (including phenoxy) is 1. The Kier molecular flexibility index (Phi) is 8.43. The summed E-state index contributed by atoms with van der Waals surface area (Å²) in [6.07, 6.45) is -1.14. The predicted octanol–water partition coefficient (Wildman–Crippen LogP) is 3.96. The number of alkyl halides is 3. The highest BCUT2D eigenvalue weighted by Gasteiger charge is 2.34. The van der Waals surface area contributed by atoms with Gasteiger partial charge in [0.1, 0.15) is 5.82 Å². The Morgan fingerprint density at radius 1 is 1.21 bits per heavy atom. The number of carbonyl (C=O) groups is 1. The Labute approximate surface area is 219 Å². The molecular weight excluding hydrogens is 495 g/mol. The third kappa shape index (κ3) is 6.76. The van der Waals surface area contributed by atoms with Gasteiger partial charge in [-0.3, -0.25) is 14.7 Å². The average Bonchev–Trinajstić information content (AvgIpc) is 2.89. The number of halogens is 3. The lowest BCUT2D eigenvalue weighted by molar-refractivity contribution is -0.138. The van der Waals surface area contributed by atoms with Gasteiger partial charge in [0.2, 0.25) is 0 Å². The van der Waals surface area contributed by atoms with Crippen LogP contribution < -0.4 is 21.3 Å². The van der Waals surface area contributed by atoms with Crippen LogP contribution in [0.2, 0.25) is 0 Å². The van der Waals surface area contributed by atoms with Gasteiger partial charge in [-0.05, 0) is 49.2 Å². The molecule has 200 valence electrons. The number of hydrogen-bond acceptors (Lipinski definition) is 6. The molecule has 0 radical (unpaired) electrons. The van der Waals surface area contributed by atoms with Crippen LogP contribution in [0.1, 0.15) is 46.9 Å². The van der Waals surface area contributed by atoms with Gasteiger partial charge in [0.05, 0.1) is 41.7 Å². The van der Waals surface area contributed by atoms with Gasteiger partial charge in [-0.15, -0.1) is 0 Å². The molecule has 2 N–H and O–H groups in total. The van der Waals surface area contributed by atoms with Crippen LogP contribution in [0, 0.1) is 0 Å². The zero-order valence-corrected chi connectivity index (χ0v) is 21.3. The van der Waals surface area contributed by atoms with Crippen LogP contribution in [0.5, 0.6) is 0 Å². The maximum Gasteiger partial charge on any atom is 0.416 e. The van der Waals surface area contributed by atoms with Crippen molar-refractivity contribution in [1.29, 1.82) is 0 Å². The van der Waals surface area contributed by atoms with E-state index in [2.05, 4.69) is 27.2 Å². The number of benzene rings is 2. The van der Waals surface area contributed by atoms with Crippen molar-refractivity contribution in [3.8, 4) is 0 Å². The Bertz CT molecular complexity index is 1400. The van der Waals surface area contributed by atoms with Crippen molar-refractivity contribution in [1.82, 2.24) is 14.9 Å². The highest BCUT2D eigenvalue weighted by atomic mass is 19.4. The first-order valence-corrected chi connectivity index (χ1v) is 12.3. The lowest BCUT2D eigenvalue weighted by atomic mass is 10.0. The van der Waals surface area contributed by atoms with Crippen molar-refractivity contribution in [2.24, 2.45) is 0 Å². The first-order valence-electron chi connectivity index (χ1n) is 12.3. The fourth-order valence-corrected chi connectivity index (χ4v) is 4.26. The second kappa shape index (κ2) is 11.7. The average molecular weight is 526 g/mol. The van der Waals surface area contributed by atoms with E-state index < -0.39 is 17.6 Å². The molecule has 0 saturated carbocycles. The molecule has 0 spiro atoms. The van der Waals surface area contributed by atoms with Gasteiger partial charge in [0.25, 0.3) is 5.91 Å². The molecule has 2 aromatic carbocycles. The number of hydrogen-bond donors (Lipinski definition) is 2. The van der Waals surface area contributed by atoms with Crippen molar-refractivity contribution < 1.29 is 22.7 Å². The van der Waals surface area contributed by atoms with Crippen molar-refractivity contribution >= 4 is 30.1 Å². The van der Waals surface area contributed by atoms with Gasteiger partial charge < -0.3 is 15.4 Å². The van der Waals surface area contributed by atoms with Crippen LogP contribution in [-0.2, 0) is 17.5 Å². The summed E-state index contributed by atoms with van der Waals surface area (Å²) in [7, 11) is 0. The zero-order chi connectivity index (χ0) is 27.3. The minimum atomic E-state index is -4.58. The molecule has 3 aromatic rings. The first-order chi connectivity index (χ1) is 18.1. The van der Waals surface area contributed by atoms with Crippen LogP contribution in [-0.4, -0.2) is 47.1 Å². The van der Waals surface area contributed by atoms with E-state index in [9.17, 15) is 18.0 Å². The molecule has 1 atom stereocenters. The van der Waals surface area contributed by atoms with Crippen molar-refractivity contribution in [2.45, 2.75) is 32.6 Å². The van der Waals surface area contributed by atoms with Crippen LogP contribution >= 0.6 is 0 Å². The Hall–Kier alpha value is -3.76. The molecule has 7 nitrogen and oxygen atoms in total. The third-order valence-electron chi connectivity index (χ3n) is 6.33. The van der Waals surface area contributed by atoms with Crippen molar-refractivity contribution in [3.05, 3.63) is 81.6 Å². The summed E-state index contributed by atoms with van der Waals surface area (Å²) in [5.74, 6) is -0.0652. The van der Waals surface area contributed by atoms with E-state index >= 15 is 0 Å². The first kappa shape index (κ1) is 27.3. The lowest BCUT2D eigenvalue weighted by Crippen LogP contribution is -2.36. The Morgan fingerprint density at radius 2 is 1.97 bits per heavy atom. The Balaban J connectivity index is 1.49. The number of nitrogens with one attached hydrogen (secondary N) is 2. The SMILES string of the molecule is C=c1nc(NC(C)c2cccc(NC(=O)c3ccc(CN4CCOCC4)c(C(F)(F)F)c3)c2)cn/c1=C/C. The molecule has 10 heteroatoms. The van der Waals surface area contributed by atoms with Gasteiger partial charge in [-0.1, -0.05) is 30.9 Å². The summed E-state index contributed by atoms with van der Waals surface area (Å²) >= 11 is 0. The van der Waals surface area contributed by atoms with Crippen molar-refractivity contribution in [3.63, 3.8) is 0 Å². The molecule has 0 aliphatic carbocycles. The van der Waals surface area contributed by atoms with E-state index in [0.29, 0.717) is 48.5 Å². The van der Waals surface area contributed by atoms with E-state index in [1.54, 1.807) is 24.4 Å². The number of morpholine rings is 1. The van der Waals surface area contributed by atoms with Gasteiger partial charge in [-0.25, -0.2) is 4.98 Å². The molecule has 0 bridgehead atoms. The molecule has 1 unspecified atom stereocenters. The highest BCUT2D eigenvalue weighted by molar-refractivity contribution is 6.04. The molecule has 2 heterocycles. The molecule has 38 heavy (non-hydrogen) atoms. The van der Waals surface area contributed by atoms with Gasteiger partial charge >= 0.3 is 6.18 Å². The topological polar surface area (TPSA) is 79.4 Å². The van der Waals surface area contributed by atoms with Crippen LogP contribution in [0.15, 0.2) is 48.7 Å². The second-order valence-corrected chi connectivity index (χ2v) is 9.08. The minimum absolute atomic E-state index is 0.0642. The van der Waals surface area contributed by atoms with E-state index in [0.717, 1.165) is 11.6 Å². The number of nitrogens with zero attached hydrogens (tertiary/aromatic N) is 3. The monoisotopic (exact) mass is 525 g/mol. The molecular formula is C28H30F3N5O2. The largest absolute Gasteiger partial charge is 0.416 e. The van der Waals surface area contributed by atoms with E-state index in [1.807, 2.05) is 30.9 Å². The molecule has 1 saturated heterocycles. The normalized spacial score (nSPS) is 15.8. The van der Waals surface area contributed by atoms with Gasteiger partial charge in [-0.2, -0.15) is 13.2 Å². The number of carbonyl (C=O) groups excluding carboxylic acids is 1. The summed E-state index contributed by atoms with van der Waals surface area (Å²) in [4.78, 5) is 23.5. The number of rotatable bonds is 7. The standard InChI is InChI=1S/C28H30F3N5O2/c1-4-25-19(3)34-26(16-32-25)33-18(2)20-6-5-7-23(14-20)35-27(37)21-8-9-22(24(15-21)28(29,30)31)17-36-10-12-38-13-11-36/h4-9,14-16,18H,3,10-13,17H2,1-2H3,(H,33,34)(H,35,37)/b25-4+. The van der Waals surface area contributed by atoms with E-state index in [4.69, 9.17) is 4.74 Å². The lowest BCUT2D eigenvalue weighted by Gasteiger charge is -2.27. The fourth-order valence-electron chi connectivity index (χ4n) is 4.26. The maximum absolute atomic E-state index is 13.9. The zero-order valence-electron chi connectivity index (χ0n) is 21.3. The predicted molar refractivity (Wildman–Crippen MR) is 141 cm³/mol. The van der Waals surface area contributed by atoms with Crippen LogP contribution in [0.25, 0.3) is 12.7 Å². The van der Waals surface area contributed by atoms with Crippen LogP contribution in [0.3, 0.4) is 0 Å². The second-order valence-electron chi connectivity index (χ2n) is 9.08. The summed E-state index contributed by atoms with van der Waals surface area (Å²) in [6.45, 7) is 9.93. The van der Waals surface area contributed by atoms with Crippen molar-refractivity contribution in [2.75, 3.05) is 36.9 Å². The summed E-state index contributed by atoms with van der Waals surface area (Å²) in [5, 5.41) is 7.23. The third-order valence-corrected chi connectivity index (χ3v) is 6.33. The molecule has 1 aliphatic rings. The number of amides is 1. The maximum atomic E-state index is 13.9. The summed E-state index contributed by atoms with van der Waals surface area (Å²) < 4.78 is 46.9. The fraction of sp³-hybridized carbons (Fsp3) is 0.321. The highest BCUT2D eigenvalue weighted by Crippen LogP contribution is 2.34. The Morgan fingerprint density at radius 3 is 2.66 bits per heavy atom. The molecule has 1 aliphatic heterocycles. The minimum Gasteiger partial charge on any atom is -0.379 e. The van der Waals surface area contributed by atoms with Crippen LogP contribution in [0.4, 0.5) is 24.7 Å². The summed E-state index contributed by atoms with van der Waals surface area (Å²) in [6, 6.07) is 10.6. The van der Waals surface area contributed by atoms with Gasteiger partial charge in [0, 0.05) is 30.9 Å². The number of aromatic nitrogens is 2. The quantitative estimate of drug-likeness (QED) is 0.486. The number of anilines is 2. The molecule has 1 fully saturated rings. The van der Waals surface area contributed by atoms with E-state index in [-0.39, 0.29) is 23.7 Å². The smallest absolute Gasteiger partial charge is 0.379 e.